The summed E-state index contributed by atoms with van der Waals surface area (Å²) in [5.41, 5.74) is 4.66. The standard InChI is InChI=1S/C21H21N5O3S/c1-3-26-19(16-7-5-4-6-8-16)24-25-21(26)30-14-18(27)23-22-13-15-9-11-17(12-10-15)20(28)29-2/h4-13H,3,14H2,1-2H3,(H,23,27)/b22-13-. The molecule has 0 aliphatic carbocycles. The van der Waals surface area contributed by atoms with E-state index in [1.54, 1.807) is 24.3 Å². The molecular weight excluding hydrogens is 402 g/mol. The molecule has 0 unspecified atom stereocenters. The molecule has 9 heteroatoms. The zero-order chi connectivity index (χ0) is 21.3. The lowest BCUT2D eigenvalue weighted by Crippen LogP contribution is -2.20. The Morgan fingerprint density at radius 3 is 2.53 bits per heavy atom. The van der Waals surface area contributed by atoms with Crippen LogP contribution < -0.4 is 5.43 Å². The number of aromatic nitrogens is 3. The van der Waals surface area contributed by atoms with E-state index in [0.717, 1.165) is 17.0 Å². The lowest BCUT2D eigenvalue weighted by atomic mass is 10.1. The molecule has 0 saturated heterocycles. The minimum atomic E-state index is -0.404. The molecule has 0 aliphatic heterocycles. The lowest BCUT2D eigenvalue weighted by Gasteiger charge is -2.06. The van der Waals surface area contributed by atoms with Gasteiger partial charge in [0, 0.05) is 12.1 Å². The molecule has 1 heterocycles. The molecule has 154 valence electrons. The number of nitrogens with one attached hydrogen (secondary N) is 1. The zero-order valence-electron chi connectivity index (χ0n) is 16.6. The van der Waals surface area contributed by atoms with E-state index < -0.39 is 5.97 Å². The summed E-state index contributed by atoms with van der Waals surface area (Å²) < 4.78 is 6.62. The number of thioether (sulfide) groups is 1. The van der Waals surface area contributed by atoms with E-state index >= 15 is 0 Å². The summed E-state index contributed by atoms with van der Waals surface area (Å²) >= 11 is 1.30. The van der Waals surface area contributed by atoms with Crippen molar-refractivity contribution in [2.45, 2.75) is 18.6 Å². The van der Waals surface area contributed by atoms with E-state index in [1.807, 2.05) is 41.8 Å². The van der Waals surface area contributed by atoms with Crippen molar-refractivity contribution >= 4 is 29.9 Å². The third-order valence-corrected chi connectivity index (χ3v) is 5.10. The molecule has 3 aromatic rings. The monoisotopic (exact) mass is 423 g/mol. The van der Waals surface area contributed by atoms with Gasteiger partial charge >= 0.3 is 5.97 Å². The third-order valence-electron chi connectivity index (χ3n) is 4.13. The minimum Gasteiger partial charge on any atom is -0.465 e. The van der Waals surface area contributed by atoms with E-state index in [4.69, 9.17) is 0 Å². The molecule has 0 saturated carbocycles. The van der Waals surface area contributed by atoms with Crippen LogP contribution in [-0.2, 0) is 16.1 Å². The summed E-state index contributed by atoms with van der Waals surface area (Å²) in [7, 11) is 1.33. The first kappa shape index (κ1) is 21.3. The van der Waals surface area contributed by atoms with Gasteiger partial charge in [-0.15, -0.1) is 10.2 Å². The van der Waals surface area contributed by atoms with Crippen molar-refractivity contribution in [2.24, 2.45) is 5.10 Å². The van der Waals surface area contributed by atoms with Crippen molar-refractivity contribution in [1.29, 1.82) is 0 Å². The molecule has 0 aliphatic rings. The number of nitrogens with zero attached hydrogens (tertiary/aromatic N) is 4. The van der Waals surface area contributed by atoms with Crippen LogP contribution in [0.5, 0.6) is 0 Å². The van der Waals surface area contributed by atoms with Gasteiger partial charge in [0.05, 0.1) is 24.6 Å². The number of carbonyl (C=O) groups is 2. The number of hydrazone groups is 1. The predicted octanol–water partition coefficient (Wildman–Crippen LogP) is 2.99. The van der Waals surface area contributed by atoms with Crippen LogP contribution in [0.1, 0.15) is 22.8 Å². The van der Waals surface area contributed by atoms with Crippen LogP contribution >= 0.6 is 11.8 Å². The molecule has 0 atom stereocenters. The van der Waals surface area contributed by atoms with Crippen LogP contribution in [0.4, 0.5) is 0 Å². The van der Waals surface area contributed by atoms with Gasteiger partial charge < -0.3 is 9.30 Å². The summed E-state index contributed by atoms with van der Waals surface area (Å²) in [6, 6.07) is 16.5. The first-order chi connectivity index (χ1) is 14.6. The Morgan fingerprint density at radius 2 is 1.87 bits per heavy atom. The van der Waals surface area contributed by atoms with Gasteiger partial charge in [0.25, 0.3) is 5.91 Å². The fourth-order valence-corrected chi connectivity index (χ4v) is 3.44. The number of ether oxygens (including phenoxy) is 1. The highest BCUT2D eigenvalue weighted by atomic mass is 32.2. The lowest BCUT2D eigenvalue weighted by molar-refractivity contribution is -0.118. The number of hydrogen-bond donors (Lipinski definition) is 1. The van der Waals surface area contributed by atoms with Crippen LogP contribution in [-0.4, -0.2) is 45.7 Å². The third kappa shape index (κ3) is 5.32. The Kier molecular flexibility index (Phi) is 7.34. The minimum absolute atomic E-state index is 0.158. The van der Waals surface area contributed by atoms with Crippen molar-refractivity contribution in [1.82, 2.24) is 20.2 Å². The molecule has 1 N–H and O–H groups in total. The number of hydrogen-bond acceptors (Lipinski definition) is 7. The molecule has 3 rings (SSSR count). The van der Waals surface area contributed by atoms with E-state index in [0.29, 0.717) is 17.3 Å². The van der Waals surface area contributed by atoms with Crippen LogP contribution in [0, 0.1) is 0 Å². The summed E-state index contributed by atoms with van der Waals surface area (Å²) in [6.07, 6.45) is 1.51. The molecule has 0 radical (unpaired) electrons. The highest BCUT2D eigenvalue weighted by Crippen LogP contribution is 2.23. The quantitative estimate of drug-likeness (QED) is 0.259. The molecule has 0 bridgehead atoms. The summed E-state index contributed by atoms with van der Waals surface area (Å²) in [5.74, 6) is 0.272. The van der Waals surface area contributed by atoms with Crippen molar-refractivity contribution < 1.29 is 14.3 Å². The first-order valence-electron chi connectivity index (χ1n) is 9.24. The van der Waals surface area contributed by atoms with Crippen molar-refractivity contribution in [3.8, 4) is 11.4 Å². The fourth-order valence-electron chi connectivity index (χ4n) is 2.65. The molecule has 8 nitrogen and oxygen atoms in total. The second kappa shape index (κ2) is 10.4. The smallest absolute Gasteiger partial charge is 0.337 e. The average molecular weight is 423 g/mol. The largest absolute Gasteiger partial charge is 0.465 e. The van der Waals surface area contributed by atoms with E-state index in [2.05, 4.69) is 25.5 Å². The Bertz CT molecular complexity index is 1030. The zero-order valence-corrected chi connectivity index (χ0v) is 17.4. The van der Waals surface area contributed by atoms with Gasteiger partial charge in [0.2, 0.25) is 0 Å². The number of benzene rings is 2. The van der Waals surface area contributed by atoms with Crippen LogP contribution in [0.15, 0.2) is 64.9 Å². The van der Waals surface area contributed by atoms with Crippen LogP contribution in [0.2, 0.25) is 0 Å². The van der Waals surface area contributed by atoms with Crippen LogP contribution in [0.25, 0.3) is 11.4 Å². The molecule has 0 fully saturated rings. The predicted molar refractivity (Wildman–Crippen MR) is 115 cm³/mol. The van der Waals surface area contributed by atoms with Gasteiger partial charge in [-0.3, -0.25) is 4.79 Å². The molecule has 2 aromatic carbocycles. The average Bonchev–Trinajstić information content (AvgIpc) is 3.21. The van der Waals surface area contributed by atoms with Gasteiger partial charge in [-0.05, 0) is 24.6 Å². The Morgan fingerprint density at radius 1 is 1.13 bits per heavy atom. The molecule has 0 spiro atoms. The van der Waals surface area contributed by atoms with Gasteiger partial charge in [-0.25, -0.2) is 10.2 Å². The Balaban J connectivity index is 1.54. The molecule has 30 heavy (non-hydrogen) atoms. The van der Waals surface area contributed by atoms with Crippen molar-refractivity contribution in [3.05, 3.63) is 65.7 Å². The highest BCUT2D eigenvalue weighted by Gasteiger charge is 2.14. The van der Waals surface area contributed by atoms with Crippen LogP contribution in [0.3, 0.4) is 0 Å². The van der Waals surface area contributed by atoms with Crippen molar-refractivity contribution in [3.63, 3.8) is 0 Å². The number of esters is 1. The highest BCUT2D eigenvalue weighted by molar-refractivity contribution is 7.99. The normalized spacial score (nSPS) is 10.9. The van der Waals surface area contributed by atoms with Gasteiger partial charge in [-0.1, -0.05) is 54.2 Å². The fraction of sp³-hybridized carbons (Fsp3) is 0.190. The maximum Gasteiger partial charge on any atom is 0.337 e. The second-order valence-corrected chi connectivity index (χ2v) is 7.05. The number of amides is 1. The van der Waals surface area contributed by atoms with E-state index in [1.165, 1.54) is 25.1 Å². The molecular formula is C21H21N5O3S. The maximum atomic E-state index is 12.1. The SMILES string of the molecule is CCn1c(SCC(=O)N/N=C\c2ccc(C(=O)OC)cc2)nnc1-c1ccccc1. The van der Waals surface area contributed by atoms with Gasteiger partial charge in [-0.2, -0.15) is 5.10 Å². The summed E-state index contributed by atoms with van der Waals surface area (Å²) in [5, 5.41) is 13.1. The summed E-state index contributed by atoms with van der Waals surface area (Å²) in [4.78, 5) is 23.5. The summed E-state index contributed by atoms with van der Waals surface area (Å²) in [6.45, 7) is 2.70. The Labute approximate surface area is 178 Å². The van der Waals surface area contributed by atoms with E-state index in [-0.39, 0.29) is 11.7 Å². The molecule has 1 amide bonds. The number of rotatable bonds is 8. The molecule has 1 aromatic heterocycles. The van der Waals surface area contributed by atoms with Gasteiger partial charge in [0.1, 0.15) is 0 Å². The first-order valence-corrected chi connectivity index (χ1v) is 10.2. The van der Waals surface area contributed by atoms with Crippen molar-refractivity contribution in [2.75, 3.05) is 12.9 Å². The number of methoxy groups -OCH3 is 1. The maximum absolute atomic E-state index is 12.1. The van der Waals surface area contributed by atoms with E-state index in [9.17, 15) is 9.59 Å². The van der Waals surface area contributed by atoms with Gasteiger partial charge in [0.15, 0.2) is 11.0 Å². The number of carbonyl (C=O) groups excluding carboxylic acids is 2. The Hall–Kier alpha value is -3.46. The topological polar surface area (TPSA) is 98.5 Å². The second-order valence-electron chi connectivity index (χ2n) is 6.11.